The molecule has 0 heterocycles. The van der Waals surface area contributed by atoms with Gasteiger partial charge in [0, 0.05) is 17.8 Å². The molecule has 2 rings (SSSR count). The minimum Gasteiger partial charge on any atom is -0.467 e. The zero-order chi connectivity index (χ0) is 25.5. The van der Waals surface area contributed by atoms with E-state index in [2.05, 4.69) is 78.8 Å². The van der Waals surface area contributed by atoms with Gasteiger partial charge in [-0.2, -0.15) is 0 Å². The lowest BCUT2D eigenvalue weighted by Crippen LogP contribution is -2.27. The van der Waals surface area contributed by atoms with Gasteiger partial charge in [-0.25, -0.2) is 0 Å². The smallest absolute Gasteiger partial charge is 0.188 e. The quantitative estimate of drug-likeness (QED) is 0.189. The van der Waals surface area contributed by atoms with E-state index in [4.69, 9.17) is 9.47 Å². The van der Waals surface area contributed by atoms with Crippen molar-refractivity contribution in [1.29, 1.82) is 0 Å². The number of hydrogen-bond donors (Lipinski definition) is 1. The predicted molar refractivity (Wildman–Crippen MR) is 148 cm³/mol. The molecule has 34 heavy (non-hydrogen) atoms. The monoisotopic (exact) mass is 486 g/mol. The van der Waals surface area contributed by atoms with Gasteiger partial charge >= 0.3 is 0 Å². The van der Waals surface area contributed by atoms with Crippen molar-refractivity contribution in [1.82, 2.24) is 0 Å². The lowest BCUT2D eigenvalue weighted by atomic mass is 9.80. The van der Waals surface area contributed by atoms with Gasteiger partial charge in [-0.3, -0.25) is 0 Å². The molecule has 190 valence electrons. The number of benzene rings is 2. The van der Waals surface area contributed by atoms with E-state index in [-0.39, 0.29) is 17.4 Å². The minimum atomic E-state index is -0.487. The Morgan fingerprint density at radius 1 is 1.03 bits per heavy atom. The van der Waals surface area contributed by atoms with Crippen LogP contribution in [0.15, 0.2) is 30.3 Å². The number of ether oxygens (including phenoxy) is 2. The Balaban J connectivity index is 2.78. The van der Waals surface area contributed by atoms with Crippen molar-refractivity contribution in [3.05, 3.63) is 58.1 Å². The SMILES string of the molecule is CCCCCC(CC)(Pc1ccc(C)cc1C(C)O)c1cc(C(C)(C)C)cc(C)c1OCOC. The Morgan fingerprint density at radius 3 is 2.29 bits per heavy atom. The molecule has 3 unspecified atom stereocenters. The average molecular weight is 487 g/mol. The Kier molecular flexibility index (Phi) is 10.6. The molecule has 0 aliphatic carbocycles. The number of aliphatic hydroxyl groups excluding tert-OH is 1. The number of rotatable bonds is 12. The molecule has 0 aliphatic rings. The molecule has 0 saturated heterocycles. The normalized spacial score (nSPS) is 15.0. The largest absolute Gasteiger partial charge is 0.467 e. The maximum absolute atomic E-state index is 10.6. The van der Waals surface area contributed by atoms with Crippen molar-refractivity contribution in [2.45, 2.75) is 104 Å². The van der Waals surface area contributed by atoms with Gasteiger partial charge in [0.25, 0.3) is 0 Å². The van der Waals surface area contributed by atoms with Crippen LogP contribution >= 0.6 is 8.58 Å². The second kappa shape index (κ2) is 12.5. The lowest BCUT2D eigenvalue weighted by Gasteiger charge is -2.38. The molecule has 0 radical (unpaired) electrons. The number of aliphatic hydroxyl groups is 1. The number of hydrogen-bond acceptors (Lipinski definition) is 3. The summed E-state index contributed by atoms with van der Waals surface area (Å²) >= 11 is 0. The third-order valence-corrected chi connectivity index (χ3v) is 8.90. The molecule has 0 amide bonds. The van der Waals surface area contributed by atoms with Crippen LogP contribution in [0.2, 0.25) is 0 Å². The van der Waals surface area contributed by atoms with Gasteiger partial charge in [0.2, 0.25) is 0 Å². The summed E-state index contributed by atoms with van der Waals surface area (Å²) < 4.78 is 11.6. The van der Waals surface area contributed by atoms with Gasteiger partial charge in [-0.15, -0.1) is 0 Å². The van der Waals surface area contributed by atoms with E-state index in [1.54, 1.807) is 7.11 Å². The Hall–Kier alpha value is -1.41. The van der Waals surface area contributed by atoms with Crippen molar-refractivity contribution < 1.29 is 14.6 Å². The summed E-state index contributed by atoms with van der Waals surface area (Å²) in [4.78, 5) is 0. The van der Waals surface area contributed by atoms with Crippen LogP contribution in [0.4, 0.5) is 0 Å². The molecular weight excluding hydrogens is 439 g/mol. The van der Waals surface area contributed by atoms with Crippen LogP contribution in [0.5, 0.6) is 5.75 Å². The Labute approximate surface area is 210 Å². The molecule has 4 heteroatoms. The first-order valence-corrected chi connectivity index (χ1v) is 13.8. The fraction of sp³-hybridized carbons (Fsp3) is 0.600. The van der Waals surface area contributed by atoms with Crippen LogP contribution in [0.25, 0.3) is 0 Å². The molecule has 3 nitrogen and oxygen atoms in total. The molecule has 3 atom stereocenters. The molecule has 0 fully saturated rings. The highest BCUT2D eigenvalue weighted by atomic mass is 31.1. The second-order valence-corrected chi connectivity index (χ2v) is 12.5. The zero-order valence-electron chi connectivity index (χ0n) is 23.0. The zero-order valence-corrected chi connectivity index (χ0v) is 24.0. The molecule has 0 aliphatic heterocycles. The third-order valence-electron chi connectivity index (χ3n) is 6.82. The van der Waals surface area contributed by atoms with Crippen LogP contribution in [-0.4, -0.2) is 19.0 Å². The van der Waals surface area contributed by atoms with Crippen LogP contribution < -0.4 is 10.0 Å². The van der Waals surface area contributed by atoms with Crippen molar-refractivity contribution in [2.75, 3.05) is 13.9 Å². The van der Waals surface area contributed by atoms with E-state index in [1.807, 2.05) is 6.92 Å². The summed E-state index contributed by atoms with van der Waals surface area (Å²) in [6.07, 6.45) is 5.21. The first-order valence-electron chi connectivity index (χ1n) is 12.8. The van der Waals surface area contributed by atoms with Gasteiger partial charge in [-0.1, -0.05) is 98.4 Å². The van der Waals surface area contributed by atoms with E-state index >= 15 is 0 Å². The van der Waals surface area contributed by atoms with Crippen molar-refractivity contribution in [2.24, 2.45) is 0 Å². The van der Waals surface area contributed by atoms with Gasteiger partial charge in [0.05, 0.1) is 6.10 Å². The molecule has 1 N–H and O–H groups in total. The maximum atomic E-state index is 10.6. The summed E-state index contributed by atoms with van der Waals surface area (Å²) in [5, 5.41) is 11.8. The van der Waals surface area contributed by atoms with Crippen molar-refractivity contribution in [3.63, 3.8) is 0 Å². The van der Waals surface area contributed by atoms with Crippen LogP contribution in [0.1, 0.15) is 108 Å². The van der Waals surface area contributed by atoms with Gasteiger partial charge < -0.3 is 14.6 Å². The maximum Gasteiger partial charge on any atom is 0.188 e. The van der Waals surface area contributed by atoms with E-state index in [0.29, 0.717) is 8.58 Å². The molecule has 0 spiro atoms. The summed E-state index contributed by atoms with van der Waals surface area (Å²) in [6, 6.07) is 11.2. The summed E-state index contributed by atoms with van der Waals surface area (Å²) in [7, 11) is 2.22. The topological polar surface area (TPSA) is 38.7 Å². The van der Waals surface area contributed by atoms with Crippen LogP contribution in [0.3, 0.4) is 0 Å². The average Bonchev–Trinajstić information content (AvgIpc) is 2.77. The first kappa shape index (κ1) is 28.8. The van der Waals surface area contributed by atoms with Gasteiger partial charge in [0.1, 0.15) is 5.75 Å². The summed E-state index contributed by atoms with van der Waals surface area (Å²) in [6.45, 7) is 17.8. The van der Waals surface area contributed by atoms with E-state index in [1.165, 1.54) is 41.3 Å². The lowest BCUT2D eigenvalue weighted by molar-refractivity contribution is 0.0493. The molecule has 2 aromatic carbocycles. The fourth-order valence-corrected chi connectivity index (χ4v) is 6.57. The molecule has 2 aromatic rings. The molecule has 0 saturated carbocycles. The van der Waals surface area contributed by atoms with Crippen LogP contribution in [-0.2, 0) is 15.3 Å². The van der Waals surface area contributed by atoms with Crippen molar-refractivity contribution >= 4 is 13.9 Å². The molecule has 0 aromatic heterocycles. The molecular formula is C30H47O3P. The first-order chi connectivity index (χ1) is 16.0. The highest BCUT2D eigenvalue weighted by Crippen LogP contribution is 2.53. The van der Waals surface area contributed by atoms with Crippen LogP contribution in [0, 0.1) is 13.8 Å². The highest BCUT2D eigenvalue weighted by Gasteiger charge is 2.36. The highest BCUT2D eigenvalue weighted by molar-refractivity contribution is 7.48. The van der Waals surface area contributed by atoms with E-state index in [0.717, 1.165) is 29.7 Å². The van der Waals surface area contributed by atoms with Crippen molar-refractivity contribution in [3.8, 4) is 5.75 Å². The number of unbranched alkanes of at least 4 members (excludes halogenated alkanes) is 2. The third kappa shape index (κ3) is 7.06. The van der Waals surface area contributed by atoms with Gasteiger partial charge in [-0.05, 0) is 61.0 Å². The van der Waals surface area contributed by atoms with E-state index < -0.39 is 6.10 Å². The summed E-state index contributed by atoms with van der Waals surface area (Å²) in [5.41, 5.74) is 6.07. The molecule has 0 bridgehead atoms. The second-order valence-electron chi connectivity index (χ2n) is 10.8. The Bertz CT molecular complexity index is 929. The van der Waals surface area contributed by atoms with E-state index in [9.17, 15) is 5.11 Å². The number of methoxy groups -OCH3 is 1. The predicted octanol–water partition coefficient (Wildman–Crippen LogP) is 7.83. The van der Waals surface area contributed by atoms with Gasteiger partial charge in [0.15, 0.2) is 6.79 Å². The number of aryl methyl sites for hydroxylation is 2. The fourth-order valence-electron chi connectivity index (χ4n) is 4.67. The standard InChI is InChI=1S/C30H47O3P/c1-10-12-13-16-30(11-2,34-27-15-14-21(3)17-25(27)23(5)31)26-19-24(29(6,7)8)18-22(4)28(26)33-20-32-9/h14-15,17-19,23,31,34H,10-13,16,20H2,1-9H3. The summed E-state index contributed by atoms with van der Waals surface area (Å²) in [5.74, 6) is 0.964. The minimum absolute atomic E-state index is 0.0416. The Morgan fingerprint density at radius 2 is 1.74 bits per heavy atom.